The first-order chi connectivity index (χ1) is 11.2. The molecule has 0 heterocycles. The van der Waals surface area contributed by atoms with E-state index in [1.54, 1.807) is 27.8 Å². The van der Waals surface area contributed by atoms with Crippen LogP contribution in [0.5, 0.6) is 0 Å². The Morgan fingerprint density at radius 1 is 1.00 bits per heavy atom. The van der Waals surface area contributed by atoms with Gasteiger partial charge in [0.2, 0.25) is 11.8 Å². The van der Waals surface area contributed by atoms with E-state index in [-0.39, 0.29) is 37.7 Å². The van der Waals surface area contributed by atoms with Crippen molar-refractivity contribution in [1.82, 2.24) is 21.3 Å². The molecule has 0 aliphatic rings. The summed E-state index contributed by atoms with van der Waals surface area (Å²) in [5.41, 5.74) is 5.16. The van der Waals surface area contributed by atoms with Gasteiger partial charge in [0, 0.05) is 32.6 Å². The van der Waals surface area contributed by atoms with E-state index in [1.165, 1.54) is 0 Å². The van der Waals surface area contributed by atoms with E-state index in [1.807, 2.05) is 0 Å². The molecule has 0 saturated carbocycles. The largest absolute Gasteiger partial charge is 0.444 e. The monoisotopic (exact) mass is 345 g/mol. The molecule has 1 atom stereocenters. The van der Waals surface area contributed by atoms with Crippen LogP contribution in [0.15, 0.2) is 0 Å². The molecule has 140 valence electrons. The normalized spacial score (nSPS) is 12.2. The van der Waals surface area contributed by atoms with Gasteiger partial charge in [0.15, 0.2) is 0 Å². The molecule has 9 heteroatoms. The Kier molecular flexibility index (Phi) is 10.7. The Balaban J connectivity index is 3.79. The van der Waals surface area contributed by atoms with Crippen molar-refractivity contribution in [2.24, 2.45) is 5.73 Å². The van der Waals surface area contributed by atoms with E-state index >= 15 is 0 Å². The van der Waals surface area contributed by atoms with Crippen LogP contribution in [0.3, 0.4) is 0 Å². The summed E-state index contributed by atoms with van der Waals surface area (Å²) in [7, 11) is 1.80. The lowest BCUT2D eigenvalue weighted by molar-refractivity contribution is -0.123. The summed E-state index contributed by atoms with van der Waals surface area (Å²) in [5.74, 6) is -0.496. The fourth-order valence-electron chi connectivity index (χ4n) is 1.63. The van der Waals surface area contributed by atoms with Gasteiger partial charge in [-0.05, 0) is 34.2 Å². The molecule has 0 bridgehead atoms. The van der Waals surface area contributed by atoms with Gasteiger partial charge in [0.25, 0.3) is 0 Å². The zero-order chi connectivity index (χ0) is 18.6. The predicted molar refractivity (Wildman–Crippen MR) is 91.4 cm³/mol. The number of ether oxygens (including phenoxy) is 1. The number of hydrogen-bond acceptors (Lipinski definition) is 6. The van der Waals surface area contributed by atoms with E-state index in [0.717, 1.165) is 0 Å². The van der Waals surface area contributed by atoms with Crippen LogP contribution in [0.2, 0.25) is 0 Å². The number of alkyl carbamates (subject to hydrolysis) is 1. The molecular weight excluding hydrogens is 314 g/mol. The molecule has 0 radical (unpaired) electrons. The SMILES string of the molecule is CNCCNC(=O)CC[C@H](N)C(=O)NCCNC(=O)OC(C)(C)C. The third-order valence-corrected chi connectivity index (χ3v) is 2.81. The predicted octanol–water partition coefficient (Wildman–Crippen LogP) is -0.930. The number of nitrogens with one attached hydrogen (secondary N) is 4. The molecule has 0 aromatic rings. The summed E-state index contributed by atoms with van der Waals surface area (Å²) < 4.78 is 5.06. The van der Waals surface area contributed by atoms with E-state index in [4.69, 9.17) is 10.5 Å². The molecule has 0 saturated heterocycles. The van der Waals surface area contributed by atoms with Crippen molar-refractivity contribution < 1.29 is 19.1 Å². The van der Waals surface area contributed by atoms with Crippen molar-refractivity contribution in [3.63, 3.8) is 0 Å². The van der Waals surface area contributed by atoms with Crippen molar-refractivity contribution in [1.29, 1.82) is 0 Å². The van der Waals surface area contributed by atoms with Gasteiger partial charge in [0.1, 0.15) is 5.60 Å². The van der Waals surface area contributed by atoms with Crippen molar-refractivity contribution >= 4 is 17.9 Å². The van der Waals surface area contributed by atoms with Gasteiger partial charge < -0.3 is 31.7 Å². The van der Waals surface area contributed by atoms with Gasteiger partial charge in [-0.3, -0.25) is 9.59 Å². The first-order valence-corrected chi connectivity index (χ1v) is 8.07. The highest BCUT2D eigenvalue weighted by Gasteiger charge is 2.16. The summed E-state index contributed by atoms with van der Waals surface area (Å²) in [6.07, 6.45) is -0.0927. The van der Waals surface area contributed by atoms with Gasteiger partial charge in [-0.1, -0.05) is 0 Å². The number of carbonyl (C=O) groups excluding carboxylic acids is 3. The molecule has 0 fully saturated rings. The molecule has 0 aromatic heterocycles. The van der Waals surface area contributed by atoms with E-state index < -0.39 is 17.7 Å². The third kappa shape index (κ3) is 12.7. The Morgan fingerprint density at radius 2 is 1.58 bits per heavy atom. The van der Waals surface area contributed by atoms with Crippen LogP contribution in [-0.4, -0.2) is 62.8 Å². The summed E-state index contributed by atoms with van der Waals surface area (Å²) >= 11 is 0. The number of carbonyl (C=O) groups is 3. The topological polar surface area (TPSA) is 135 Å². The Hall–Kier alpha value is -1.87. The third-order valence-electron chi connectivity index (χ3n) is 2.81. The molecule has 0 aliphatic carbocycles. The lowest BCUT2D eigenvalue weighted by Gasteiger charge is -2.19. The first-order valence-electron chi connectivity index (χ1n) is 8.07. The average molecular weight is 345 g/mol. The Morgan fingerprint density at radius 3 is 2.17 bits per heavy atom. The van der Waals surface area contributed by atoms with Crippen LogP contribution in [-0.2, 0) is 14.3 Å². The maximum atomic E-state index is 11.8. The molecule has 0 spiro atoms. The van der Waals surface area contributed by atoms with E-state index in [0.29, 0.717) is 13.1 Å². The first kappa shape index (κ1) is 22.1. The molecule has 3 amide bonds. The zero-order valence-electron chi connectivity index (χ0n) is 15.0. The zero-order valence-corrected chi connectivity index (χ0v) is 15.0. The van der Waals surface area contributed by atoms with Gasteiger partial charge >= 0.3 is 6.09 Å². The van der Waals surface area contributed by atoms with E-state index in [2.05, 4.69) is 21.3 Å². The number of amides is 3. The number of hydrogen-bond donors (Lipinski definition) is 5. The van der Waals surface area contributed by atoms with Gasteiger partial charge in [0.05, 0.1) is 6.04 Å². The summed E-state index contributed by atoms with van der Waals surface area (Å²) in [5, 5.41) is 10.8. The highest BCUT2D eigenvalue weighted by atomic mass is 16.6. The lowest BCUT2D eigenvalue weighted by Crippen LogP contribution is -2.44. The minimum absolute atomic E-state index is 0.139. The maximum Gasteiger partial charge on any atom is 0.407 e. The number of likely N-dealkylation sites (N-methyl/N-ethyl adjacent to an activating group) is 1. The van der Waals surface area contributed by atoms with Gasteiger partial charge in [-0.25, -0.2) is 4.79 Å². The van der Waals surface area contributed by atoms with Crippen LogP contribution in [0.1, 0.15) is 33.6 Å². The van der Waals surface area contributed by atoms with Gasteiger partial charge in [-0.2, -0.15) is 0 Å². The smallest absolute Gasteiger partial charge is 0.407 e. The molecule has 9 nitrogen and oxygen atoms in total. The molecular formula is C15H31N5O4. The minimum Gasteiger partial charge on any atom is -0.444 e. The van der Waals surface area contributed by atoms with Crippen LogP contribution in [0.25, 0.3) is 0 Å². The van der Waals surface area contributed by atoms with Crippen molar-refractivity contribution in [2.45, 2.75) is 45.3 Å². The lowest BCUT2D eigenvalue weighted by atomic mass is 10.1. The Bertz CT molecular complexity index is 409. The van der Waals surface area contributed by atoms with Crippen LogP contribution >= 0.6 is 0 Å². The van der Waals surface area contributed by atoms with Crippen molar-refractivity contribution in [2.75, 3.05) is 33.2 Å². The highest BCUT2D eigenvalue weighted by Crippen LogP contribution is 2.05. The standard InChI is InChI=1S/C15H31N5O4/c1-15(2,3)24-14(23)20-10-9-19-13(22)11(16)5-6-12(21)18-8-7-17-4/h11,17H,5-10,16H2,1-4H3,(H,18,21)(H,19,22)(H,20,23)/t11-/m0/s1. The maximum absolute atomic E-state index is 11.8. The summed E-state index contributed by atoms with van der Waals surface area (Å²) in [4.78, 5) is 34.7. The molecule has 0 unspecified atom stereocenters. The second-order valence-electron chi connectivity index (χ2n) is 6.32. The van der Waals surface area contributed by atoms with E-state index in [9.17, 15) is 14.4 Å². The summed E-state index contributed by atoms with van der Waals surface area (Å²) in [6, 6.07) is -0.762. The Labute approximate surface area is 143 Å². The average Bonchev–Trinajstić information content (AvgIpc) is 2.47. The highest BCUT2D eigenvalue weighted by molar-refractivity contribution is 5.83. The van der Waals surface area contributed by atoms with Crippen molar-refractivity contribution in [3.8, 4) is 0 Å². The molecule has 24 heavy (non-hydrogen) atoms. The second-order valence-corrected chi connectivity index (χ2v) is 6.32. The quantitative estimate of drug-likeness (QED) is 0.325. The molecule has 6 N–H and O–H groups in total. The van der Waals surface area contributed by atoms with Gasteiger partial charge in [-0.15, -0.1) is 0 Å². The molecule has 0 aromatic carbocycles. The molecule has 0 aliphatic heterocycles. The molecule has 0 rings (SSSR count). The summed E-state index contributed by atoms with van der Waals surface area (Å²) in [6.45, 7) is 6.99. The second kappa shape index (κ2) is 11.6. The number of rotatable bonds is 10. The minimum atomic E-state index is -0.762. The fourth-order valence-corrected chi connectivity index (χ4v) is 1.63. The van der Waals surface area contributed by atoms with Crippen LogP contribution in [0, 0.1) is 0 Å². The van der Waals surface area contributed by atoms with Crippen LogP contribution in [0.4, 0.5) is 4.79 Å². The number of nitrogens with two attached hydrogens (primary N) is 1. The fraction of sp³-hybridized carbons (Fsp3) is 0.800. The van der Waals surface area contributed by atoms with Crippen LogP contribution < -0.4 is 27.0 Å². The van der Waals surface area contributed by atoms with Crippen molar-refractivity contribution in [3.05, 3.63) is 0 Å².